The molecule has 2 aromatic heterocycles. The third-order valence-electron chi connectivity index (χ3n) is 6.99. The van der Waals surface area contributed by atoms with Gasteiger partial charge in [0.25, 0.3) is 15.9 Å². The minimum Gasteiger partial charge on any atom is -0.488 e. The number of benzene rings is 1. The summed E-state index contributed by atoms with van der Waals surface area (Å²) in [6.07, 6.45) is 2.18. The van der Waals surface area contributed by atoms with Gasteiger partial charge in [0.2, 0.25) is 0 Å². The SMILES string of the molecule is Cc1noc(C)c1NC(=O)Nc1ccc2c(c1)C(=O)N([C@H](C)CO)C[C@H](C)[C@H](CN(C)S(=O)(=O)c1cn(C)cn1)O2. The normalized spacial score (nSPS) is 18.3. The Morgan fingerprint density at radius 2 is 2.02 bits per heavy atom. The van der Waals surface area contributed by atoms with E-state index in [2.05, 4.69) is 20.8 Å². The van der Waals surface area contributed by atoms with Crippen LogP contribution in [0.5, 0.6) is 5.75 Å². The fourth-order valence-corrected chi connectivity index (χ4v) is 5.63. The summed E-state index contributed by atoms with van der Waals surface area (Å²) in [6.45, 7) is 6.85. The second kappa shape index (κ2) is 11.9. The zero-order valence-electron chi connectivity index (χ0n) is 23.8. The van der Waals surface area contributed by atoms with Crippen molar-refractivity contribution in [1.29, 1.82) is 0 Å². The molecule has 1 aliphatic rings. The standard InChI is InChI=1S/C26H35N7O7S/c1-15-10-33(16(2)13-34)25(35)20-9-19(28-26(36)29-24-17(3)30-40-18(24)4)7-8-21(20)39-22(15)11-32(6)41(37,38)23-12-31(5)14-27-23/h7-9,12,14-16,22,34H,10-11,13H2,1-6H3,(H2,28,29,36)/t15-,16+,22-/m0/s1. The van der Waals surface area contributed by atoms with E-state index >= 15 is 0 Å². The molecule has 3 N–H and O–H groups in total. The number of fused-ring (bicyclic) bond motifs is 1. The third-order valence-corrected chi connectivity index (χ3v) is 8.70. The molecule has 14 nitrogen and oxygen atoms in total. The molecule has 0 bridgehead atoms. The van der Waals surface area contributed by atoms with Gasteiger partial charge in [-0.1, -0.05) is 12.1 Å². The lowest BCUT2D eigenvalue weighted by atomic mass is 9.99. The van der Waals surface area contributed by atoms with E-state index in [0.717, 1.165) is 0 Å². The third kappa shape index (κ3) is 6.36. The Balaban J connectivity index is 1.62. The summed E-state index contributed by atoms with van der Waals surface area (Å²) in [5.74, 6) is -0.0255. The smallest absolute Gasteiger partial charge is 0.323 e. The quantitative estimate of drug-likeness (QED) is 0.356. The number of hydrogen-bond acceptors (Lipinski definition) is 9. The van der Waals surface area contributed by atoms with Crippen LogP contribution in [0.1, 0.15) is 35.7 Å². The molecule has 3 amide bonds. The average molecular weight is 590 g/mol. The average Bonchev–Trinajstić information content (AvgIpc) is 3.51. The van der Waals surface area contributed by atoms with E-state index in [1.165, 1.54) is 34.8 Å². The van der Waals surface area contributed by atoms with E-state index < -0.39 is 34.1 Å². The lowest BCUT2D eigenvalue weighted by Crippen LogP contribution is -2.50. The number of aliphatic hydroxyl groups excluding tert-OH is 1. The molecule has 1 aromatic carbocycles. The fourth-order valence-electron chi connectivity index (χ4n) is 4.49. The van der Waals surface area contributed by atoms with Gasteiger partial charge in [-0.15, -0.1) is 0 Å². The molecule has 0 spiro atoms. The van der Waals surface area contributed by atoms with Gasteiger partial charge in [-0.05, 0) is 39.0 Å². The number of aromatic nitrogens is 3. The summed E-state index contributed by atoms with van der Waals surface area (Å²) in [5.41, 5.74) is 1.44. The van der Waals surface area contributed by atoms with Gasteiger partial charge in [0.1, 0.15) is 23.2 Å². The largest absolute Gasteiger partial charge is 0.488 e. The zero-order chi connectivity index (χ0) is 30.1. The summed E-state index contributed by atoms with van der Waals surface area (Å²) in [6, 6.07) is 3.54. The molecule has 0 aliphatic carbocycles. The maximum atomic E-state index is 13.7. The Morgan fingerprint density at radius 3 is 2.63 bits per heavy atom. The Hall–Kier alpha value is -3.95. The first-order chi connectivity index (χ1) is 19.3. The van der Waals surface area contributed by atoms with Crippen molar-refractivity contribution in [3.05, 3.63) is 47.7 Å². The van der Waals surface area contributed by atoms with Crippen LogP contribution in [0.25, 0.3) is 0 Å². The van der Waals surface area contributed by atoms with Gasteiger partial charge < -0.3 is 34.5 Å². The number of carbonyl (C=O) groups excluding carboxylic acids is 2. The van der Waals surface area contributed by atoms with Crippen LogP contribution < -0.4 is 15.4 Å². The van der Waals surface area contributed by atoms with Crippen molar-refractivity contribution in [2.45, 2.75) is 44.9 Å². The van der Waals surface area contributed by atoms with Crippen LogP contribution in [0.15, 0.2) is 40.3 Å². The number of urea groups is 1. The minimum absolute atomic E-state index is 0.0190. The predicted molar refractivity (Wildman–Crippen MR) is 149 cm³/mol. The van der Waals surface area contributed by atoms with Crippen LogP contribution in [0.3, 0.4) is 0 Å². The van der Waals surface area contributed by atoms with Gasteiger partial charge in [0, 0.05) is 38.4 Å². The number of hydrogen-bond donors (Lipinski definition) is 3. The van der Waals surface area contributed by atoms with E-state index in [1.54, 1.807) is 44.5 Å². The van der Waals surface area contributed by atoms with Gasteiger partial charge in [-0.25, -0.2) is 18.2 Å². The second-order valence-corrected chi connectivity index (χ2v) is 12.3. The molecular formula is C26H35N7O7S. The number of sulfonamides is 1. The van der Waals surface area contributed by atoms with Gasteiger partial charge in [-0.2, -0.15) is 4.31 Å². The fraction of sp³-hybridized carbons (Fsp3) is 0.462. The number of amides is 3. The van der Waals surface area contributed by atoms with Crippen LogP contribution >= 0.6 is 0 Å². The summed E-state index contributed by atoms with van der Waals surface area (Å²) in [5, 5.41) is 19.0. The van der Waals surface area contributed by atoms with Gasteiger partial charge in [-0.3, -0.25) is 4.79 Å². The Labute approximate surface area is 238 Å². The molecule has 0 saturated carbocycles. The number of aryl methyl sites for hydroxylation is 3. The monoisotopic (exact) mass is 589 g/mol. The summed E-state index contributed by atoms with van der Waals surface area (Å²) in [4.78, 5) is 31.9. The Morgan fingerprint density at radius 1 is 1.29 bits per heavy atom. The number of carbonyl (C=O) groups is 2. The van der Waals surface area contributed by atoms with E-state index in [9.17, 15) is 23.1 Å². The maximum Gasteiger partial charge on any atom is 0.323 e. The van der Waals surface area contributed by atoms with Gasteiger partial charge in [0.05, 0.1) is 31.1 Å². The second-order valence-electron chi connectivity index (χ2n) is 10.3. The lowest BCUT2D eigenvalue weighted by molar-refractivity contribution is 0.0387. The Kier molecular flexibility index (Phi) is 8.70. The van der Waals surface area contributed by atoms with Crippen LogP contribution in [0.2, 0.25) is 0 Å². The molecule has 41 heavy (non-hydrogen) atoms. The molecule has 3 aromatic rings. The molecule has 0 saturated heterocycles. The zero-order valence-corrected chi connectivity index (χ0v) is 24.6. The molecule has 1 aliphatic heterocycles. The number of nitrogens with one attached hydrogen (secondary N) is 2. The van der Waals surface area contributed by atoms with Crippen molar-refractivity contribution in [3.8, 4) is 5.75 Å². The van der Waals surface area contributed by atoms with Gasteiger partial charge in [0.15, 0.2) is 10.8 Å². The first kappa shape index (κ1) is 30.0. The lowest BCUT2D eigenvalue weighted by Gasteiger charge is -2.38. The summed E-state index contributed by atoms with van der Waals surface area (Å²) in [7, 11) is -0.768. The number of rotatable bonds is 8. The number of imidazole rings is 1. The van der Waals surface area contributed by atoms with Crippen LogP contribution in [-0.4, -0.2) is 88.3 Å². The summed E-state index contributed by atoms with van der Waals surface area (Å²) < 4.78 is 40.4. The molecule has 15 heteroatoms. The van der Waals surface area contributed by atoms with Crippen molar-refractivity contribution in [3.63, 3.8) is 0 Å². The molecule has 0 radical (unpaired) electrons. The molecule has 0 unspecified atom stereocenters. The van der Waals surface area contributed by atoms with Crippen molar-refractivity contribution >= 4 is 33.3 Å². The maximum absolute atomic E-state index is 13.7. The summed E-state index contributed by atoms with van der Waals surface area (Å²) >= 11 is 0. The number of nitrogens with zero attached hydrogens (tertiary/aromatic N) is 5. The van der Waals surface area contributed by atoms with Crippen LogP contribution in [0.4, 0.5) is 16.2 Å². The van der Waals surface area contributed by atoms with Crippen molar-refractivity contribution in [1.82, 2.24) is 23.9 Å². The number of likely N-dealkylation sites (N-methyl/N-ethyl adjacent to an activating group) is 1. The molecule has 0 fully saturated rings. The molecular weight excluding hydrogens is 554 g/mol. The Bertz CT molecular complexity index is 1510. The number of ether oxygens (including phenoxy) is 1. The highest BCUT2D eigenvalue weighted by molar-refractivity contribution is 7.89. The van der Waals surface area contributed by atoms with Crippen LogP contribution in [0, 0.1) is 19.8 Å². The van der Waals surface area contributed by atoms with Gasteiger partial charge >= 0.3 is 6.03 Å². The van der Waals surface area contributed by atoms with Crippen LogP contribution in [-0.2, 0) is 17.1 Å². The number of anilines is 2. The molecule has 3 heterocycles. The molecule has 3 atom stereocenters. The van der Waals surface area contributed by atoms with E-state index in [1.807, 2.05) is 6.92 Å². The highest BCUT2D eigenvalue weighted by atomic mass is 32.2. The predicted octanol–water partition coefficient (Wildman–Crippen LogP) is 2.21. The van der Waals surface area contributed by atoms with E-state index in [-0.39, 0.29) is 42.0 Å². The van der Waals surface area contributed by atoms with Crippen molar-refractivity contribution in [2.24, 2.45) is 13.0 Å². The first-order valence-electron chi connectivity index (χ1n) is 13.0. The van der Waals surface area contributed by atoms with E-state index in [4.69, 9.17) is 9.26 Å². The molecule has 222 valence electrons. The topological polar surface area (TPSA) is 172 Å². The highest BCUT2D eigenvalue weighted by Crippen LogP contribution is 2.31. The van der Waals surface area contributed by atoms with Crippen molar-refractivity contribution < 1.29 is 32.4 Å². The first-order valence-corrected chi connectivity index (χ1v) is 14.4. The highest BCUT2D eigenvalue weighted by Gasteiger charge is 2.35. The molecule has 4 rings (SSSR count). The van der Waals surface area contributed by atoms with Crippen molar-refractivity contribution in [2.75, 3.05) is 37.4 Å². The minimum atomic E-state index is -3.90. The number of aliphatic hydroxyl groups is 1. The van der Waals surface area contributed by atoms with E-state index in [0.29, 0.717) is 22.8 Å².